The van der Waals surface area contributed by atoms with Crippen LogP contribution in [0.4, 0.5) is 0 Å². The molecule has 0 aliphatic rings. The standard InChI is InChI=1S/C18H24O3SSi/c1-4-16-10-12-18(13-11-16)22(19,20)21-23(2,3)15-14-17-8-6-5-7-9-17/h5-13H,4,14-15H2,1-3H3. The second kappa shape index (κ2) is 7.42. The lowest BCUT2D eigenvalue weighted by Gasteiger charge is -2.22. The van der Waals surface area contributed by atoms with Gasteiger partial charge in [-0.1, -0.05) is 49.4 Å². The Bertz CT molecular complexity index is 723. The quantitative estimate of drug-likeness (QED) is 0.697. The van der Waals surface area contributed by atoms with E-state index in [-0.39, 0.29) is 4.90 Å². The van der Waals surface area contributed by atoms with Gasteiger partial charge in [-0.2, -0.15) is 8.42 Å². The van der Waals surface area contributed by atoms with E-state index in [1.165, 1.54) is 5.56 Å². The molecule has 2 aromatic rings. The van der Waals surface area contributed by atoms with Crippen LogP contribution in [0.25, 0.3) is 0 Å². The van der Waals surface area contributed by atoms with Crippen molar-refractivity contribution in [1.29, 1.82) is 0 Å². The van der Waals surface area contributed by atoms with Crippen LogP contribution in [0.2, 0.25) is 19.1 Å². The van der Waals surface area contributed by atoms with Gasteiger partial charge >= 0.3 is 0 Å². The van der Waals surface area contributed by atoms with Crippen molar-refractivity contribution in [1.82, 2.24) is 0 Å². The number of rotatable bonds is 7. The second-order valence-electron chi connectivity index (χ2n) is 6.28. The van der Waals surface area contributed by atoms with E-state index in [9.17, 15) is 8.42 Å². The van der Waals surface area contributed by atoms with Crippen LogP contribution in [0.5, 0.6) is 0 Å². The third-order valence-electron chi connectivity index (χ3n) is 3.81. The molecule has 0 spiro atoms. The Balaban J connectivity index is 2.05. The van der Waals surface area contributed by atoms with E-state index >= 15 is 0 Å². The van der Waals surface area contributed by atoms with Crippen molar-refractivity contribution in [2.45, 2.75) is 43.8 Å². The van der Waals surface area contributed by atoms with Crippen molar-refractivity contribution in [2.75, 3.05) is 0 Å². The Morgan fingerprint density at radius 2 is 1.52 bits per heavy atom. The van der Waals surface area contributed by atoms with Crippen LogP contribution < -0.4 is 0 Å². The molecule has 0 aliphatic heterocycles. The van der Waals surface area contributed by atoms with Gasteiger partial charge in [0, 0.05) is 0 Å². The average molecular weight is 349 g/mol. The van der Waals surface area contributed by atoms with Gasteiger partial charge < -0.3 is 3.87 Å². The summed E-state index contributed by atoms with van der Waals surface area (Å²) < 4.78 is 30.6. The minimum absolute atomic E-state index is 0.245. The lowest BCUT2D eigenvalue weighted by Crippen LogP contribution is -2.33. The summed E-state index contributed by atoms with van der Waals surface area (Å²) in [6, 6.07) is 17.8. The van der Waals surface area contributed by atoms with E-state index in [0.717, 1.165) is 24.4 Å². The Morgan fingerprint density at radius 1 is 0.913 bits per heavy atom. The summed E-state index contributed by atoms with van der Waals surface area (Å²) in [5.74, 6) is 0. The molecule has 0 saturated carbocycles. The van der Waals surface area contributed by atoms with Crippen LogP contribution in [-0.4, -0.2) is 16.7 Å². The molecule has 3 nitrogen and oxygen atoms in total. The molecular formula is C18H24O3SSi. The average Bonchev–Trinajstić information content (AvgIpc) is 2.53. The first kappa shape index (κ1) is 17.9. The lowest BCUT2D eigenvalue weighted by atomic mass is 10.2. The Morgan fingerprint density at radius 3 is 2.09 bits per heavy atom. The van der Waals surface area contributed by atoms with Gasteiger partial charge in [0.2, 0.25) is 8.32 Å². The SMILES string of the molecule is CCc1ccc(S(=O)(=O)O[Si](C)(C)CCc2ccccc2)cc1. The van der Waals surface area contributed by atoms with E-state index < -0.39 is 18.4 Å². The Kier molecular flexibility index (Phi) is 5.78. The maximum Gasteiger partial charge on any atom is 0.287 e. The van der Waals surface area contributed by atoms with Crippen LogP contribution >= 0.6 is 0 Å². The molecular weight excluding hydrogens is 324 g/mol. The zero-order valence-corrected chi connectivity index (χ0v) is 15.8. The molecule has 0 saturated heterocycles. The van der Waals surface area contributed by atoms with Crippen LogP contribution in [0, 0.1) is 0 Å². The molecule has 0 radical (unpaired) electrons. The first-order chi connectivity index (χ1) is 10.8. The van der Waals surface area contributed by atoms with Crippen LogP contribution in [-0.2, 0) is 26.8 Å². The van der Waals surface area contributed by atoms with Crippen molar-refractivity contribution in [2.24, 2.45) is 0 Å². The Labute approximate surface area is 140 Å². The topological polar surface area (TPSA) is 43.4 Å². The summed E-state index contributed by atoms with van der Waals surface area (Å²) in [5, 5.41) is 0. The summed E-state index contributed by atoms with van der Waals surface area (Å²) in [6.07, 6.45) is 1.73. The van der Waals surface area contributed by atoms with E-state index in [4.69, 9.17) is 3.87 Å². The molecule has 0 fully saturated rings. The van der Waals surface area contributed by atoms with Crippen molar-refractivity contribution < 1.29 is 12.3 Å². The third kappa shape index (κ3) is 5.30. The molecule has 2 rings (SSSR count). The fourth-order valence-electron chi connectivity index (χ4n) is 2.37. The summed E-state index contributed by atoms with van der Waals surface area (Å²) >= 11 is 0. The highest BCUT2D eigenvalue weighted by Crippen LogP contribution is 2.23. The van der Waals surface area contributed by atoms with Gasteiger partial charge in [-0.15, -0.1) is 0 Å². The minimum atomic E-state index is -3.69. The molecule has 0 aliphatic carbocycles. The van der Waals surface area contributed by atoms with E-state index in [1.54, 1.807) is 12.1 Å². The summed E-state index contributed by atoms with van der Waals surface area (Å²) in [7, 11) is -6.00. The van der Waals surface area contributed by atoms with Gasteiger partial charge in [-0.3, -0.25) is 0 Å². The predicted molar refractivity (Wildman–Crippen MR) is 96.5 cm³/mol. The van der Waals surface area contributed by atoms with Crippen molar-refractivity contribution in [3.05, 3.63) is 65.7 Å². The predicted octanol–water partition coefficient (Wildman–Crippen LogP) is 4.40. The zero-order valence-electron chi connectivity index (χ0n) is 14.0. The van der Waals surface area contributed by atoms with Gasteiger partial charge in [0.05, 0.1) is 4.90 Å². The monoisotopic (exact) mass is 348 g/mol. The highest BCUT2D eigenvalue weighted by Gasteiger charge is 2.30. The molecule has 0 amide bonds. The maximum atomic E-state index is 12.5. The van der Waals surface area contributed by atoms with Crippen LogP contribution in [0.1, 0.15) is 18.1 Å². The number of hydrogen-bond acceptors (Lipinski definition) is 3. The number of aryl methyl sites for hydroxylation is 2. The van der Waals surface area contributed by atoms with Crippen LogP contribution in [0.3, 0.4) is 0 Å². The largest absolute Gasteiger partial charge is 0.312 e. The minimum Gasteiger partial charge on any atom is -0.312 e. The van der Waals surface area contributed by atoms with Gasteiger partial charge in [-0.05, 0) is 55.2 Å². The maximum absolute atomic E-state index is 12.5. The molecule has 2 aromatic carbocycles. The molecule has 0 unspecified atom stereocenters. The summed E-state index contributed by atoms with van der Waals surface area (Å²) in [4.78, 5) is 0.245. The van der Waals surface area contributed by atoms with Crippen molar-refractivity contribution in [3.8, 4) is 0 Å². The Hall–Kier alpha value is -1.43. The fourth-order valence-corrected chi connectivity index (χ4v) is 6.82. The molecule has 23 heavy (non-hydrogen) atoms. The second-order valence-corrected chi connectivity index (χ2v) is 12.3. The fraction of sp³-hybridized carbons (Fsp3) is 0.333. The normalized spacial score (nSPS) is 12.3. The number of hydrogen-bond donors (Lipinski definition) is 0. The van der Waals surface area contributed by atoms with Crippen LogP contribution in [0.15, 0.2) is 59.5 Å². The first-order valence-electron chi connectivity index (χ1n) is 7.91. The van der Waals surface area contributed by atoms with Gasteiger partial charge in [-0.25, -0.2) is 0 Å². The van der Waals surface area contributed by atoms with Crippen molar-refractivity contribution in [3.63, 3.8) is 0 Å². The number of benzene rings is 2. The summed E-state index contributed by atoms with van der Waals surface area (Å²) in [5.41, 5.74) is 2.32. The van der Waals surface area contributed by atoms with E-state index in [2.05, 4.69) is 12.1 Å². The van der Waals surface area contributed by atoms with E-state index in [0.29, 0.717) is 0 Å². The first-order valence-corrected chi connectivity index (χ1v) is 12.4. The molecule has 0 heterocycles. The van der Waals surface area contributed by atoms with E-state index in [1.807, 2.05) is 50.3 Å². The van der Waals surface area contributed by atoms with Gasteiger partial charge in [0.25, 0.3) is 10.1 Å². The molecule has 0 bridgehead atoms. The molecule has 0 atom stereocenters. The van der Waals surface area contributed by atoms with Gasteiger partial charge in [0.15, 0.2) is 0 Å². The summed E-state index contributed by atoms with van der Waals surface area (Å²) in [6.45, 7) is 5.95. The lowest BCUT2D eigenvalue weighted by molar-refractivity contribution is 0.481. The molecule has 0 N–H and O–H groups in total. The smallest absolute Gasteiger partial charge is 0.287 e. The molecule has 124 valence electrons. The molecule has 0 aromatic heterocycles. The van der Waals surface area contributed by atoms with Crippen molar-refractivity contribution >= 4 is 18.4 Å². The van der Waals surface area contributed by atoms with Gasteiger partial charge in [0.1, 0.15) is 0 Å². The highest BCUT2D eigenvalue weighted by atomic mass is 32.2. The zero-order chi connectivity index (χ0) is 16.9. The third-order valence-corrected chi connectivity index (χ3v) is 8.80. The highest BCUT2D eigenvalue weighted by molar-refractivity contribution is 7.87. The molecule has 5 heteroatoms.